The molecule has 1 aliphatic rings. The van der Waals surface area contributed by atoms with E-state index in [1.807, 2.05) is 19.0 Å². The van der Waals surface area contributed by atoms with Gasteiger partial charge in [-0.2, -0.15) is 4.31 Å². The first-order valence-electron chi connectivity index (χ1n) is 8.76. The number of nitrogens with zero attached hydrogens (tertiary/aromatic N) is 4. The van der Waals surface area contributed by atoms with Gasteiger partial charge in [-0.15, -0.1) is 0 Å². The molecule has 1 unspecified atom stereocenters. The summed E-state index contributed by atoms with van der Waals surface area (Å²) in [5.41, 5.74) is 0.673. The number of aromatic nitrogens is 1. The molecule has 6 nitrogen and oxygen atoms in total. The molecule has 0 aromatic carbocycles. The minimum absolute atomic E-state index is 0.217. The number of aryl methyl sites for hydroxylation is 1. The summed E-state index contributed by atoms with van der Waals surface area (Å²) in [5.74, 6) is 0. The summed E-state index contributed by atoms with van der Waals surface area (Å²) in [5, 5.41) is 0.340. The molecule has 2 heterocycles. The first-order valence-corrected chi connectivity index (χ1v) is 10.6. The van der Waals surface area contributed by atoms with Crippen molar-refractivity contribution < 1.29 is 8.42 Å². The molecule has 142 valence electrons. The van der Waals surface area contributed by atoms with Crippen LogP contribution >= 0.6 is 11.6 Å². The van der Waals surface area contributed by atoms with Gasteiger partial charge >= 0.3 is 0 Å². The number of likely N-dealkylation sites (N-methyl/N-ethyl adjacent to an activating group) is 2. The lowest BCUT2D eigenvalue weighted by Gasteiger charge is -2.30. The van der Waals surface area contributed by atoms with Crippen LogP contribution < -0.4 is 0 Å². The van der Waals surface area contributed by atoms with Gasteiger partial charge in [0.2, 0.25) is 10.0 Å². The second-order valence-corrected chi connectivity index (χ2v) is 9.17. The van der Waals surface area contributed by atoms with Crippen LogP contribution in [-0.2, 0) is 10.0 Å². The fourth-order valence-corrected chi connectivity index (χ4v) is 4.80. The van der Waals surface area contributed by atoms with Crippen molar-refractivity contribution in [2.24, 2.45) is 0 Å². The molecule has 2 rings (SSSR count). The summed E-state index contributed by atoms with van der Waals surface area (Å²) in [6.07, 6.45) is 3.53. The Morgan fingerprint density at radius 2 is 2.08 bits per heavy atom. The molecule has 1 aromatic heterocycles. The highest BCUT2D eigenvalue weighted by molar-refractivity contribution is 7.89. The van der Waals surface area contributed by atoms with Gasteiger partial charge in [-0.25, -0.2) is 13.4 Å². The summed E-state index contributed by atoms with van der Waals surface area (Å²) >= 11 is 5.96. The second-order valence-electron chi connectivity index (χ2n) is 6.87. The van der Waals surface area contributed by atoms with Crippen LogP contribution in [0.4, 0.5) is 0 Å². The van der Waals surface area contributed by atoms with Gasteiger partial charge in [-0.05, 0) is 58.6 Å². The van der Waals surface area contributed by atoms with E-state index >= 15 is 0 Å². The van der Waals surface area contributed by atoms with Crippen molar-refractivity contribution in [2.45, 2.75) is 37.6 Å². The molecule has 1 atom stereocenters. The molecule has 0 bridgehead atoms. The maximum atomic E-state index is 13.2. The maximum absolute atomic E-state index is 13.2. The first-order chi connectivity index (χ1) is 11.8. The van der Waals surface area contributed by atoms with Crippen LogP contribution in [0.25, 0.3) is 0 Å². The van der Waals surface area contributed by atoms with Crippen LogP contribution in [0, 0.1) is 6.92 Å². The van der Waals surface area contributed by atoms with Gasteiger partial charge in [-0.1, -0.05) is 18.5 Å². The van der Waals surface area contributed by atoms with E-state index < -0.39 is 10.0 Å². The van der Waals surface area contributed by atoms with Crippen molar-refractivity contribution in [3.8, 4) is 0 Å². The van der Waals surface area contributed by atoms with E-state index in [0.717, 1.165) is 25.9 Å². The highest BCUT2D eigenvalue weighted by Crippen LogP contribution is 2.23. The number of sulfonamides is 1. The predicted octanol–water partition coefficient (Wildman–Crippen LogP) is 2.08. The van der Waals surface area contributed by atoms with Crippen LogP contribution in [-0.4, -0.2) is 80.4 Å². The highest BCUT2D eigenvalue weighted by Gasteiger charge is 2.31. The van der Waals surface area contributed by atoms with Crippen LogP contribution in [0.2, 0.25) is 5.15 Å². The van der Waals surface area contributed by atoms with Gasteiger partial charge < -0.3 is 4.90 Å². The molecule has 0 aliphatic carbocycles. The molecular weight excluding hydrogens is 360 g/mol. The summed E-state index contributed by atoms with van der Waals surface area (Å²) < 4.78 is 28.0. The quantitative estimate of drug-likeness (QED) is 0.638. The van der Waals surface area contributed by atoms with Gasteiger partial charge in [-0.3, -0.25) is 4.90 Å². The highest BCUT2D eigenvalue weighted by atomic mass is 35.5. The minimum atomic E-state index is -3.60. The van der Waals surface area contributed by atoms with E-state index in [4.69, 9.17) is 11.6 Å². The fraction of sp³-hybridized carbons (Fsp3) is 0.706. The molecular formula is C17H29ClN4O2S. The van der Waals surface area contributed by atoms with Gasteiger partial charge in [0.25, 0.3) is 0 Å². The second kappa shape index (κ2) is 8.77. The third-order valence-corrected chi connectivity index (χ3v) is 6.97. The van der Waals surface area contributed by atoms with Crippen molar-refractivity contribution in [3.63, 3.8) is 0 Å². The Hall–Kier alpha value is -0.730. The molecule has 25 heavy (non-hydrogen) atoms. The number of halogens is 1. The standard InChI is InChI=1S/C17H29ClN4O2S/c1-5-21-8-6-7-15(21)13-22(10-9-20(3)4)25(23,24)16-11-14(2)17(18)19-12-16/h11-12,15H,5-10,13H2,1-4H3. The molecule has 1 aliphatic heterocycles. The normalized spacial score (nSPS) is 19.2. The lowest BCUT2D eigenvalue weighted by Crippen LogP contribution is -2.45. The topological polar surface area (TPSA) is 56.8 Å². The molecule has 0 spiro atoms. The zero-order valence-electron chi connectivity index (χ0n) is 15.6. The third kappa shape index (κ3) is 5.14. The summed E-state index contributed by atoms with van der Waals surface area (Å²) in [6, 6.07) is 1.89. The Kier molecular flexibility index (Phi) is 7.22. The SMILES string of the molecule is CCN1CCCC1CN(CCN(C)C)S(=O)(=O)c1cnc(Cl)c(C)c1. The van der Waals surface area contributed by atoms with Crippen molar-refractivity contribution >= 4 is 21.6 Å². The average Bonchev–Trinajstić information content (AvgIpc) is 3.00. The van der Waals surface area contributed by atoms with Crippen molar-refractivity contribution in [1.29, 1.82) is 0 Å². The van der Waals surface area contributed by atoms with E-state index in [-0.39, 0.29) is 10.9 Å². The van der Waals surface area contributed by atoms with Gasteiger partial charge in [0.05, 0.1) is 0 Å². The first kappa shape index (κ1) is 20.6. The average molecular weight is 389 g/mol. The molecule has 1 fully saturated rings. The van der Waals surface area contributed by atoms with Crippen LogP contribution in [0.5, 0.6) is 0 Å². The van der Waals surface area contributed by atoms with E-state index in [0.29, 0.717) is 30.4 Å². The van der Waals surface area contributed by atoms with E-state index in [2.05, 4.69) is 16.8 Å². The van der Waals surface area contributed by atoms with Crippen molar-refractivity contribution in [2.75, 3.05) is 46.8 Å². The Labute approximate surface area is 156 Å². The van der Waals surface area contributed by atoms with Crippen LogP contribution in [0.15, 0.2) is 17.2 Å². The molecule has 0 N–H and O–H groups in total. The van der Waals surface area contributed by atoms with Gasteiger partial charge in [0, 0.05) is 31.9 Å². The van der Waals surface area contributed by atoms with Gasteiger partial charge in [0.15, 0.2) is 0 Å². The number of rotatable bonds is 8. The van der Waals surface area contributed by atoms with Crippen molar-refractivity contribution in [1.82, 2.24) is 19.1 Å². The van der Waals surface area contributed by atoms with Gasteiger partial charge in [0.1, 0.15) is 10.0 Å². The Bertz CT molecular complexity index is 681. The zero-order chi connectivity index (χ0) is 18.6. The zero-order valence-corrected chi connectivity index (χ0v) is 17.1. The maximum Gasteiger partial charge on any atom is 0.244 e. The minimum Gasteiger partial charge on any atom is -0.308 e. The van der Waals surface area contributed by atoms with E-state index in [9.17, 15) is 8.42 Å². The predicted molar refractivity (Wildman–Crippen MR) is 102 cm³/mol. The third-order valence-electron chi connectivity index (χ3n) is 4.74. The van der Waals surface area contributed by atoms with E-state index in [1.165, 1.54) is 6.20 Å². The molecule has 0 radical (unpaired) electrons. The van der Waals surface area contributed by atoms with Crippen LogP contribution in [0.3, 0.4) is 0 Å². The largest absolute Gasteiger partial charge is 0.308 e. The fourth-order valence-electron chi connectivity index (χ4n) is 3.20. The Morgan fingerprint density at radius 3 is 2.68 bits per heavy atom. The monoisotopic (exact) mass is 388 g/mol. The van der Waals surface area contributed by atoms with Crippen LogP contribution in [0.1, 0.15) is 25.3 Å². The lowest BCUT2D eigenvalue weighted by molar-refractivity contribution is 0.220. The Balaban J connectivity index is 2.27. The Morgan fingerprint density at radius 1 is 1.36 bits per heavy atom. The molecule has 0 saturated carbocycles. The number of hydrogen-bond donors (Lipinski definition) is 0. The molecule has 1 saturated heterocycles. The molecule has 8 heteroatoms. The van der Waals surface area contributed by atoms with Crippen molar-refractivity contribution in [3.05, 3.63) is 23.0 Å². The number of likely N-dealkylation sites (tertiary alicyclic amines) is 1. The molecule has 0 amide bonds. The summed E-state index contributed by atoms with van der Waals surface area (Å²) in [7, 11) is 0.306. The molecule has 1 aromatic rings. The van der Waals surface area contributed by atoms with E-state index in [1.54, 1.807) is 17.3 Å². The number of hydrogen-bond acceptors (Lipinski definition) is 5. The lowest BCUT2D eigenvalue weighted by atomic mass is 10.2. The summed E-state index contributed by atoms with van der Waals surface area (Å²) in [4.78, 5) is 8.61. The summed E-state index contributed by atoms with van der Waals surface area (Å²) in [6.45, 7) is 7.56. The number of pyridine rings is 1. The smallest absolute Gasteiger partial charge is 0.244 e.